The third kappa shape index (κ3) is 1.61. The average Bonchev–Trinajstić information content (AvgIpc) is 2.91. The molecule has 0 N–H and O–H groups in total. The van der Waals surface area contributed by atoms with Crippen LogP contribution in [-0.2, 0) is 0 Å². The van der Waals surface area contributed by atoms with Gasteiger partial charge in [0.2, 0.25) is 0 Å². The van der Waals surface area contributed by atoms with Crippen molar-refractivity contribution in [3.05, 3.63) is 21.3 Å². The van der Waals surface area contributed by atoms with Gasteiger partial charge in [0, 0.05) is 10.7 Å². The van der Waals surface area contributed by atoms with Gasteiger partial charge in [0.15, 0.2) is 5.65 Å². The van der Waals surface area contributed by atoms with Crippen LogP contribution < -0.4 is 0 Å². The zero-order valence-corrected chi connectivity index (χ0v) is 11.8. The van der Waals surface area contributed by atoms with E-state index in [4.69, 9.17) is 0 Å². The molecule has 0 unspecified atom stereocenters. The SMILES string of the molecule is Brc1cnc2c(cnn2C2CCCC2)c1Br. The van der Waals surface area contributed by atoms with Crippen molar-refractivity contribution >= 4 is 42.9 Å². The molecule has 2 aromatic heterocycles. The fourth-order valence-electron chi connectivity index (χ4n) is 2.36. The lowest BCUT2D eigenvalue weighted by atomic mass is 10.2. The maximum absolute atomic E-state index is 4.48. The van der Waals surface area contributed by atoms with Gasteiger partial charge in [0.05, 0.1) is 22.1 Å². The van der Waals surface area contributed by atoms with Crippen molar-refractivity contribution in [3.8, 4) is 0 Å². The summed E-state index contributed by atoms with van der Waals surface area (Å²) in [6, 6.07) is 0.540. The molecule has 5 heteroatoms. The number of hydrogen-bond acceptors (Lipinski definition) is 2. The van der Waals surface area contributed by atoms with Crippen LogP contribution in [0.3, 0.4) is 0 Å². The molecule has 1 fully saturated rings. The number of fused-ring (bicyclic) bond motifs is 1. The highest BCUT2D eigenvalue weighted by molar-refractivity contribution is 9.13. The quantitative estimate of drug-likeness (QED) is 0.780. The highest BCUT2D eigenvalue weighted by Gasteiger charge is 2.20. The lowest BCUT2D eigenvalue weighted by Crippen LogP contribution is -2.06. The lowest BCUT2D eigenvalue weighted by Gasteiger charge is -2.10. The molecule has 0 aromatic carbocycles. The van der Waals surface area contributed by atoms with E-state index in [0.717, 1.165) is 20.0 Å². The number of rotatable bonds is 1. The molecule has 0 spiro atoms. The molecule has 3 nitrogen and oxygen atoms in total. The summed E-state index contributed by atoms with van der Waals surface area (Å²) in [4.78, 5) is 4.47. The van der Waals surface area contributed by atoms with Crippen LogP contribution in [0.4, 0.5) is 0 Å². The Bertz CT molecular complexity index is 529. The van der Waals surface area contributed by atoms with Gasteiger partial charge < -0.3 is 0 Å². The molecule has 0 radical (unpaired) electrons. The third-order valence-electron chi connectivity index (χ3n) is 3.19. The zero-order valence-electron chi connectivity index (χ0n) is 8.66. The van der Waals surface area contributed by atoms with Gasteiger partial charge in [-0.15, -0.1) is 0 Å². The number of aromatic nitrogens is 3. The number of pyridine rings is 1. The van der Waals surface area contributed by atoms with Crippen molar-refractivity contribution in [3.63, 3.8) is 0 Å². The maximum Gasteiger partial charge on any atom is 0.159 e. The molecule has 2 aromatic rings. The largest absolute Gasteiger partial charge is 0.244 e. The molecule has 1 saturated carbocycles. The summed E-state index contributed by atoms with van der Waals surface area (Å²) in [5.41, 5.74) is 0.988. The first-order chi connectivity index (χ1) is 7.77. The minimum Gasteiger partial charge on any atom is -0.244 e. The Hall–Kier alpha value is -0.420. The van der Waals surface area contributed by atoms with Gasteiger partial charge in [0.25, 0.3) is 0 Å². The second kappa shape index (κ2) is 4.11. The standard InChI is InChI=1S/C11H11Br2N3/c12-9-6-14-11-8(10(9)13)5-15-16(11)7-3-1-2-4-7/h5-7H,1-4H2. The molecular formula is C11H11Br2N3. The van der Waals surface area contributed by atoms with Crippen LogP contribution >= 0.6 is 31.9 Å². The summed E-state index contributed by atoms with van der Waals surface area (Å²) in [6.07, 6.45) is 8.81. The topological polar surface area (TPSA) is 30.7 Å². The van der Waals surface area contributed by atoms with Gasteiger partial charge in [-0.05, 0) is 44.7 Å². The number of nitrogens with zero attached hydrogens (tertiary/aromatic N) is 3. The second-order valence-corrected chi connectivity index (χ2v) is 5.83. The normalized spacial score (nSPS) is 17.4. The Labute approximate surface area is 110 Å². The molecule has 1 aliphatic carbocycles. The molecule has 84 valence electrons. The first-order valence-corrected chi connectivity index (χ1v) is 7.03. The predicted molar refractivity (Wildman–Crippen MR) is 70.4 cm³/mol. The first-order valence-electron chi connectivity index (χ1n) is 5.44. The van der Waals surface area contributed by atoms with Crippen LogP contribution in [0.15, 0.2) is 21.3 Å². The lowest BCUT2D eigenvalue weighted by molar-refractivity contribution is 0.478. The summed E-state index contributed by atoms with van der Waals surface area (Å²) in [5, 5.41) is 5.57. The van der Waals surface area contributed by atoms with Crippen LogP contribution in [0, 0.1) is 0 Å². The van der Waals surface area contributed by atoms with Crippen LogP contribution in [0.5, 0.6) is 0 Å². The third-order valence-corrected chi connectivity index (χ3v) is 5.17. The van der Waals surface area contributed by atoms with Crippen molar-refractivity contribution < 1.29 is 0 Å². The average molecular weight is 345 g/mol. The highest BCUT2D eigenvalue weighted by Crippen LogP contribution is 2.34. The molecular weight excluding hydrogens is 334 g/mol. The number of halogens is 2. The van der Waals surface area contributed by atoms with Crippen LogP contribution in [0.2, 0.25) is 0 Å². The smallest absolute Gasteiger partial charge is 0.159 e. The molecule has 16 heavy (non-hydrogen) atoms. The summed E-state index contributed by atoms with van der Waals surface area (Å²) in [7, 11) is 0. The zero-order chi connectivity index (χ0) is 11.1. The van der Waals surface area contributed by atoms with Crippen molar-refractivity contribution in [1.29, 1.82) is 0 Å². The van der Waals surface area contributed by atoms with E-state index < -0.39 is 0 Å². The Balaban J connectivity index is 2.16. The Kier molecular flexibility index (Phi) is 2.75. The van der Waals surface area contributed by atoms with E-state index in [0.29, 0.717) is 6.04 Å². The predicted octanol–water partition coefficient (Wildman–Crippen LogP) is 4.07. The molecule has 0 amide bonds. The van der Waals surface area contributed by atoms with Crippen molar-refractivity contribution in [1.82, 2.24) is 14.8 Å². The molecule has 3 rings (SSSR count). The molecule has 0 aliphatic heterocycles. The van der Waals surface area contributed by atoms with E-state index in [2.05, 4.69) is 46.6 Å². The van der Waals surface area contributed by atoms with Crippen molar-refractivity contribution in [2.75, 3.05) is 0 Å². The molecule has 0 bridgehead atoms. The van der Waals surface area contributed by atoms with Gasteiger partial charge in [-0.3, -0.25) is 0 Å². The monoisotopic (exact) mass is 343 g/mol. The van der Waals surface area contributed by atoms with Gasteiger partial charge in [-0.25, -0.2) is 9.67 Å². The molecule has 1 aliphatic rings. The van der Waals surface area contributed by atoms with Crippen LogP contribution in [0.1, 0.15) is 31.7 Å². The molecule has 0 atom stereocenters. The van der Waals surface area contributed by atoms with E-state index >= 15 is 0 Å². The first kappa shape index (κ1) is 10.7. The summed E-state index contributed by atoms with van der Waals surface area (Å²) in [6.45, 7) is 0. The van der Waals surface area contributed by atoms with Gasteiger partial charge in [-0.1, -0.05) is 12.8 Å². The van der Waals surface area contributed by atoms with E-state index in [1.807, 2.05) is 12.4 Å². The Morgan fingerprint density at radius 2 is 1.94 bits per heavy atom. The fourth-order valence-corrected chi connectivity index (χ4v) is 3.06. The van der Waals surface area contributed by atoms with Crippen LogP contribution in [0.25, 0.3) is 11.0 Å². The molecule has 0 saturated heterocycles. The van der Waals surface area contributed by atoms with E-state index in [-0.39, 0.29) is 0 Å². The van der Waals surface area contributed by atoms with Gasteiger partial charge >= 0.3 is 0 Å². The second-order valence-electron chi connectivity index (χ2n) is 4.18. The van der Waals surface area contributed by atoms with E-state index in [1.165, 1.54) is 25.7 Å². The van der Waals surface area contributed by atoms with Crippen molar-refractivity contribution in [2.24, 2.45) is 0 Å². The highest BCUT2D eigenvalue weighted by atomic mass is 79.9. The van der Waals surface area contributed by atoms with Crippen molar-refractivity contribution in [2.45, 2.75) is 31.7 Å². The van der Waals surface area contributed by atoms with E-state index in [9.17, 15) is 0 Å². The fraction of sp³-hybridized carbons (Fsp3) is 0.455. The van der Waals surface area contributed by atoms with E-state index in [1.54, 1.807) is 0 Å². The Morgan fingerprint density at radius 1 is 1.19 bits per heavy atom. The maximum atomic E-state index is 4.48. The number of hydrogen-bond donors (Lipinski definition) is 0. The summed E-state index contributed by atoms with van der Waals surface area (Å²) in [5.74, 6) is 0. The minimum absolute atomic E-state index is 0.540. The van der Waals surface area contributed by atoms with Crippen LogP contribution in [-0.4, -0.2) is 14.8 Å². The molecule has 2 heterocycles. The summed E-state index contributed by atoms with van der Waals surface area (Å²) >= 11 is 7.03. The minimum atomic E-state index is 0.540. The summed E-state index contributed by atoms with van der Waals surface area (Å²) < 4.78 is 4.10. The van der Waals surface area contributed by atoms with Gasteiger partial charge in [0.1, 0.15) is 0 Å². The Morgan fingerprint density at radius 3 is 2.69 bits per heavy atom. The van der Waals surface area contributed by atoms with Gasteiger partial charge in [-0.2, -0.15) is 5.10 Å².